The Labute approximate surface area is 128 Å². The number of piperidine rings is 1. The first kappa shape index (κ1) is 16.3. The molecule has 2 rings (SSSR count). The van der Waals surface area contributed by atoms with Crippen LogP contribution in [0.15, 0.2) is 17.6 Å². The van der Waals surface area contributed by atoms with Gasteiger partial charge in [-0.3, -0.25) is 4.99 Å². The van der Waals surface area contributed by atoms with E-state index in [1.54, 1.807) is 0 Å². The lowest BCUT2D eigenvalue weighted by molar-refractivity contribution is 0.266. The van der Waals surface area contributed by atoms with Gasteiger partial charge in [-0.1, -0.05) is 13.0 Å². The van der Waals surface area contributed by atoms with Gasteiger partial charge in [-0.15, -0.1) is 6.58 Å². The SMILES string of the molecule is C=CCNC(=NCC1CCS(=O)(=O)C1)N1CCCC(C)C1. The molecule has 0 radical (unpaired) electrons. The molecule has 2 unspecified atom stereocenters. The number of guanidine groups is 1. The number of aliphatic imine (C=N–C) groups is 1. The van der Waals surface area contributed by atoms with Crippen LogP contribution < -0.4 is 5.32 Å². The molecule has 0 bridgehead atoms. The molecule has 21 heavy (non-hydrogen) atoms. The van der Waals surface area contributed by atoms with Crippen LogP contribution >= 0.6 is 0 Å². The van der Waals surface area contributed by atoms with Gasteiger partial charge in [0.1, 0.15) is 0 Å². The summed E-state index contributed by atoms with van der Waals surface area (Å²) in [5, 5.41) is 3.31. The molecule has 0 spiro atoms. The molecule has 2 aliphatic heterocycles. The first-order valence-corrected chi connectivity index (χ1v) is 9.67. The van der Waals surface area contributed by atoms with Crippen molar-refractivity contribution in [1.82, 2.24) is 10.2 Å². The fourth-order valence-electron chi connectivity index (χ4n) is 3.04. The van der Waals surface area contributed by atoms with Gasteiger partial charge in [-0.2, -0.15) is 0 Å². The van der Waals surface area contributed by atoms with Crippen LogP contribution in [0.5, 0.6) is 0 Å². The lowest BCUT2D eigenvalue weighted by Gasteiger charge is -2.33. The lowest BCUT2D eigenvalue weighted by Crippen LogP contribution is -2.46. The Morgan fingerprint density at radius 1 is 1.48 bits per heavy atom. The highest BCUT2D eigenvalue weighted by atomic mass is 32.2. The van der Waals surface area contributed by atoms with Gasteiger partial charge in [-0.25, -0.2) is 8.42 Å². The number of hydrogen-bond acceptors (Lipinski definition) is 3. The monoisotopic (exact) mass is 313 g/mol. The van der Waals surface area contributed by atoms with Gasteiger partial charge in [0.25, 0.3) is 0 Å². The van der Waals surface area contributed by atoms with Gasteiger partial charge in [0.05, 0.1) is 11.5 Å². The van der Waals surface area contributed by atoms with Crippen molar-refractivity contribution in [1.29, 1.82) is 0 Å². The maximum Gasteiger partial charge on any atom is 0.194 e. The number of rotatable bonds is 4. The number of nitrogens with one attached hydrogen (secondary N) is 1. The molecule has 2 atom stereocenters. The third-order valence-electron chi connectivity index (χ3n) is 4.19. The highest BCUT2D eigenvalue weighted by Crippen LogP contribution is 2.19. The summed E-state index contributed by atoms with van der Waals surface area (Å²) in [4.78, 5) is 6.98. The zero-order chi connectivity index (χ0) is 15.3. The normalized spacial score (nSPS) is 29.4. The summed E-state index contributed by atoms with van der Waals surface area (Å²) in [6, 6.07) is 0. The highest BCUT2D eigenvalue weighted by Gasteiger charge is 2.28. The van der Waals surface area contributed by atoms with Gasteiger partial charge in [-0.05, 0) is 31.1 Å². The van der Waals surface area contributed by atoms with E-state index < -0.39 is 9.84 Å². The molecule has 0 aromatic carbocycles. The molecular weight excluding hydrogens is 286 g/mol. The molecule has 6 heteroatoms. The standard InChI is InChI=1S/C15H27N3O2S/c1-3-7-16-15(18-8-4-5-13(2)11-18)17-10-14-6-9-21(19,20)12-14/h3,13-14H,1,4-12H2,2H3,(H,16,17). The smallest absolute Gasteiger partial charge is 0.194 e. The maximum absolute atomic E-state index is 11.5. The zero-order valence-electron chi connectivity index (χ0n) is 12.9. The van der Waals surface area contributed by atoms with E-state index in [9.17, 15) is 8.42 Å². The number of likely N-dealkylation sites (tertiary alicyclic amines) is 1. The Balaban J connectivity index is 1.97. The fourth-order valence-corrected chi connectivity index (χ4v) is 4.89. The average Bonchev–Trinajstić information content (AvgIpc) is 2.78. The van der Waals surface area contributed by atoms with Crippen LogP contribution in [0.4, 0.5) is 0 Å². The van der Waals surface area contributed by atoms with E-state index in [2.05, 4.69) is 28.7 Å². The van der Waals surface area contributed by atoms with E-state index in [1.807, 2.05) is 6.08 Å². The van der Waals surface area contributed by atoms with Gasteiger partial charge >= 0.3 is 0 Å². The van der Waals surface area contributed by atoms with Gasteiger partial charge in [0.2, 0.25) is 0 Å². The van der Waals surface area contributed by atoms with Crippen molar-refractivity contribution in [3.63, 3.8) is 0 Å². The summed E-state index contributed by atoms with van der Waals surface area (Å²) in [6.07, 6.45) is 5.03. The third-order valence-corrected chi connectivity index (χ3v) is 6.02. The second kappa shape index (κ2) is 7.29. The number of nitrogens with zero attached hydrogens (tertiary/aromatic N) is 2. The van der Waals surface area contributed by atoms with E-state index >= 15 is 0 Å². The van der Waals surface area contributed by atoms with Crippen LogP contribution in [0.1, 0.15) is 26.2 Å². The van der Waals surface area contributed by atoms with Crippen LogP contribution in [0.25, 0.3) is 0 Å². The molecule has 2 saturated heterocycles. The van der Waals surface area contributed by atoms with Crippen molar-refractivity contribution in [2.75, 3.05) is 37.7 Å². The number of hydrogen-bond donors (Lipinski definition) is 1. The van der Waals surface area contributed by atoms with E-state index in [-0.39, 0.29) is 5.92 Å². The van der Waals surface area contributed by atoms with E-state index in [0.29, 0.717) is 30.5 Å². The minimum Gasteiger partial charge on any atom is -0.353 e. The zero-order valence-corrected chi connectivity index (χ0v) is 13.7. The molecule has 1 N–H and O–H groups in total. The first-order valence-electron chi connectivity index (χ1n) is 7.85. The Morgan fingerprint density at radius 2 is 2.29 bits per heavy atom. The molecule has 5 nitrogen and oxygen atoms in total. The van der Waals surface area contributed by atoms with E-state index in [1.165, 1.54) is 12.8 Å². The average molecular weight is 313 g/mol. The van der Waals surface area contributed by atoms with Gasteiger partial charge < -0.3 is 10.2 Å². The minimum atomic E-state index is -2.81. The lowest BCUT2D eigenvalue weighted by atomic mass is 10.0. The highest BCUT2D eigenvalue weighted by molar-refractivity contribution is 7.91. The summed E-state index contributed by atoms with van der Waals surface area (Å²) in [6.45, 7) is 9.33. The minimum absolute atomic E-state index is 0.178. The molecular formula is C15H27N3O2S. The molecule has 0 aromatic heterocycles. The first-order chi connectivity index (χ1) is 10.00. The second-order valence-corrected chi connectivity index (χ2v) is 8.53. The molecule has 0 aliphatic carbocycles. The van der Waals surface area contributed by atoms with E-state index in [4.69, 9.17) is 0 Å². The predicted molar refractivity (Wildman–Crippen MR) is 87.2 cm³/mol. The Kier molecular flexibility index (Phi) is 5.67. The quantitative estimate of drug-likeness (QED) is 0.482. The molecule has 0 saturated carbocycles. The van der Waals surface area contributed by atoms with Crippen LogP contribution in [0, 0.1) is 11.8 Å². The summed E-state index contributed by atoms with van der Waals surface area (Å²) in [5.41, 5.74) is 0. The second-order valence-electron chi connectivity index (χ2n) is 6.30. The van der Waals surface area contributed by atoms with Crippen molar-refractivity contribution in [3.05, 3.63) is 12.7 Å². The largest absolute Gasteiger partial charge is 0.353 e. The Bertz CT molecular complexity index is 487. The fraction of sp³-hybridized carbons (Fsp3) is 0.800. The van der Waals surface area contributed by atoms with Crippen LogP contribution in [0.2, 0.25) is 0 Å². The molecule has 2 heterocycles. The third kappa shape index (κ3) is 5.02. The molecule has 2 fully saturated rings. The van der Waals surface area contributed by atoms with Crippen LogP contribution in [-0.4, -0.2) is 57.0 Å². The van der Waals surface area contributed by atoms with Crippen molar-refractivity contribution >= 4 is 15.8 Å². The van der Waals surface area contributed by atoms with Crippen molar-refractivity contribution < 1.29 is 8.42 Å². The predicted octanol–water partition coefficient (Wildman–Crippen LogP) is 1.28. The van der Waals surface area contributed by atoms with Gasteiger partial charge in [0, 0.05) is 26.2 Å². The Hall–Kier alpha value is -1.04. The van der Waals surface area contributed by atoms with Crippen molar-refractivity contribution in [2.24, 2.45) is 16.8 Å². The molecule has 2 aliphatic rings. The maximum atomic E-state index is 11.5. The topological polar surface area (TPSA) is 61.8 Å². The van der Waals surface area contributed by atoms with Crippen LogP contribution in [0.3, 0.4) is 0 Å². The summed E-state index contributed by atoms with van der Waals surface area (Å²) < 4.78 is 23.0. The van der Waals surface area contributed by atoms with Crippen molar-refractivity contribution in [2.45, 2.75) is 26.2 Å². The number of sulfone groups is 1. The van der Waals surface area contributed by atoms with Crippen LogP contribution in [-0.2, 0) is 9.84 Å². The van der Waals surface area contributed by atoms with E-state index in [0.717, 1.165) is 25.5 Å². The summed E-state index contributed by atoms with van der Waals surface area (Å²) in [5.74, 6) is 2.38. The van der Waals surface area contributed by atoms with Crippen molar-refractivity contribution in [3.8, 4) is 0 Å². The van der Waals surface area contributed by atoms with Gasteiger partial charge in [0.15, 0.2) is 15.8 Å². The molecule has 120 valence electrons. The molecule has 0 amide bonds. The molecule has 0 aromatic rings. The summed E-state index contributed by atoms with van der Waals surface area (Å²) >= 11 is 0. The summed E-state index contributed by atoms with van der Waals surface area (Å²) in [7, 11) is -2.81. The Morgan fingerprint density at radius 3 is 2.90 bits per heavy atom.